The van der Waals surface area contributed by atoms with E-state index in [1.54, 1.807) is 0 Å². The van der Waals surface area contributed by atoms with Gasteiger partial charge in [0.2, 0.25) is 0 Å². The summed E-state index contributed by atoms with van der Waals surface area (Å²) in [5.41, 5.74) is 0. The molecule has 0 aromatic rings. The summed E-state index contributed by atoms with van der Waals surface area (Å²) in [6.07, 6.45) is 3.12. The number of carboxylic acids is 1. The number of carbonyl (C=O) groups excluding carboxylic acids is 1. The van der Waals surface area contributed by atoms with E-state index < -0.39 is 5.97 Å². The molecule has 2 unspecified atom stereocenters. The smallest absolute Gasteiger partial charge is 0.320 e. The molecule has 114 valence electrons. The standard InChI is InChI=1S/C15H26N2O3/c1-11(2)13-5-7-17(10-13)15(20)16-6-3-4-12(9-16)8-14(18)19/h11-13H,3-10H2,1-2H3,(H,18,19). The Bertz CT molecular complexity index is 370. The number of carbonyl (C=O) groups is 2. The molecule has 1 N–H and O–H groups in total. The Morgan fingerprint density at radius 1 is 1.15 bits per heavy atom. The molecule has 2 atom stereocenters. The lowest BCUT2D eigenvalue weighted by molar-refractivity contribution is -0.138. The first-order chi connectivity index (χ1) is 9.47. The van der Waals surface area contributed by atoms with Crippen LogP contribution >= 0.6 is 0 Å². The molecule has 0 aromatic carbocycles. The summed E-state index contributed by atoms with van der Waals surface area (Å²) < 4.78 is 0. The SMILES string of the molecule is CC(C)C1CCN(C(=O)N2CCCC(CC(=O)O)C2)C1. The number of aliphatic carboxylic acids is 1. The van der Waals surface area contributed by atoms with Gasteiger partial charge in [-0.05, 0) is 37.0 Å². The maximum atomic E-state index is 12.5. The van der Waals surface area contributed by atoms with E-state index in [2.05, 4.69) is 13.8 Å². The van der Waals surface area contributed by atoms with Gasteiger partial charge in [-0.15, -0.1) is 0 Å². The van der Waals surface area contributed by atoms with Crippen molar-refractivity contribution in [2.45, 2.75) is 39.5 Å². The van der Waals surface area contributed by atoms with Gasteiger partial charge in [0.15, 0.2) is 0 Å². The Morgan fingerprint density at radius 2 is 1.85 bits per heavy atom. The van der Waals surface area contributed by atoms with Crippen LogP contribution in [0, 0.1) is 17.8 Å². The monoisotopic (exact) mass is 282 g/mol. The van der Waals surface area contributed by atoms with E-state index in [-0.39, 0.29) is 18.4 Å². The normalized spacial score (nSPS) is 27.1. The lowest BCUT2D eigenvalue weighted by atomic mass is 9.95. The van der Waals surface area contributed by atoms with Crippen molar-refractivity contribution < 1.29 is 14.7 Å². The van der Waals surface area contributed by atoms with E-state index in [1.807, 2.05) is 9.80 Å². The van der Waals surface area contributed by atoms with Gasteiger partial charge in [0.1, 0.15) is 0 Å². The van der Waals surface area contributed by atoms with Crippen LogP contribution in [-0.2, 0) is 4.79 Å². The average Bonchev–Trinajstić information content (AvgIpc) is 2.87. The van der Waals surface area contributed by atoms with Gasteiger partial charge in [0.05, 0.1) is 0 Å². The summed E-state index contributed by atoms with van der Waals surface area (Å²) in [6, 6.07) is 0.114. The van der Waals surface area contributed by atoms with Gasteiger partial charge >= 0.3 is 12.0 Å². The van der Waals surface area contributed by atoms with Gasteiger partial charge < -0.3 is 14.9 Å². The number of piperidine rings is 1. The van der Waals surface area contributed by atoms with E-state index >= 15 is 0 Å². The van der Waals surface area contributed by atoms with Crippen molar-refractivity contribution in [2.75, 3.05) is 26.2 Å². The highest BCUT2D eigenvalue weighted by molar-refractivity contribution is 5.75. The second-order valence-electron chi connectivity index (χ2n) is 6.57. The van der Waals surface area contributed by atoms with Crippen molar-refractivity contribution in [3.63, 3.8) is 0 Å². The Hall–Kier alpha value is -1.26. The highest BCUT2D eigenvalue weighted by Crippen LogP contribution is 2.26. The number of carboxylic acid groups (broad SMARTS) is 1. The average molecular weight is 282 g/mol. The molecule has 2 amide bonds. The van der Waals surface area contributed by atoms with Crippen molar-refractivity contribution in [3.8, 4) is 0 Å². The molecule has 5 heteroatoms. The number of likely N-dealkylation sites (tertiary alicyclic amines) is 2. The van der Waals surface area contributed by atoms with Gasteiger partial charge in [-0.3, -0.25) is 4.79 Å². The fourth-order valence-electron chi connectivity index (χ4n) is 3.36. The maximum absolute atomic E-state index is 12.5. The van der Waals surface area contributed by atoms with E-state index in [0.717, 1.165) is 38.9 Å². The molecule has 20 heavy (non-hydrogen) atoms. The molecule has 2 aliphatic heterocycles. The first-order valence-corrected chi connectivity index (χ1v) is 7.73. The molecule has 0 spiro atoms. The van der Waals surface area contributed by atoms with Crippen LogP contribution in [0.4, 0.5) is 4.79 Å². The third kappa shape index (κ3) is 3.64. The van der Waals surface area contributed by atoms with Gasteiger partial charge in [-0.2, -0.15) is 0 Å². The fraction of sp³-hybridized carbons (Fsp3) is 0.867. The first-order valence-electron chi connectivity index (χ1n) is 7.73. The van der Waals surface area contributed by atoms with Crippen LogP contribution < -0.4 is 0 Å². The van der Waals surface area contributed by atoms with Crippen molar-refractivity contribution in [1.29, 1.82) is 0 Å². The zero-order valence-corrected chi connectivity index (χ0v) is 12.5. The largest absolute Gasteiger partial charge is 0.481 e. The molecule has 0 aromatic heterocycles. The van der Waals surface area contributed by atoms with Gasteiger partial charge in [0, 0.05) is 32.6 Å². The van der Waals surface area contributed by atoms with Crippen LogP contribution in [0.2, 0.25) is 0 Å². The lowest BCUT2D eigenvalue weighted by Gasteiger charge is -2.35. The molecule has 0 bridgehead atoms. The first kappa shape index (κ1) is 15.1. The molecule has 5 nitrogen and oxygen atoms in total. The van der Waals surface area contributed by atoms with Crippen molar-refractivity contribution in [2.24, 2.45) is 17.8 Å². The van der Waals surface area contributed by atoms with Crippen LogP contribution in [0.1, 0.15) is 39.5 Å². The summed E-state index contributed by atoms with van der Waals surface area (Å²) in [7, 11) is 0. The van der Waals surface area contributed by atoms with Crippen molar-refractivity contribution >= 4 is 12.0 Å². The summed E-state index contributed by atoms with van der Waals surface area (Å²) in [5.74, 6) is 0.589. The lowest BCUT2D eigenvalue weighted by Crippen LogP contribution is -2.47. The van der Waals surface area contributed by atoms with Crippen LogP contribution in [0.15, 0.2) is 0 Å². The number of rotatable bonds is 3. The second-order valence-corrected chi connectivity index (χ2v) is 6.57. The molecular formula is C15H26N2O3. The predicted molar refractivity (Wildman–Crippen MR) is 76.5 cm³/mol. The molecule has 0 aliphatic carbocycles. The van der Waals surface area contributed by atoms with Gasteiger partial charge in [0.25, 0.3) is 0 Å². The van der Waals surface area contributed by atoms with Gasteiger partial charge in [-0.1, -0.05) is 13.8 Å². The second kappa shape index (κ2) is 6.46. The van der Waals surface area contributed by atoms with Crippen LogP contribution in [-0.4, -0.2) is 53.1 Å². The zero-order valence-electron chi connectivity index (χ0n) is 12.5. The van der Waals surface area contributed by atoms with Gasteiger partial charge in [-0.25, -0.2) is 4.79 Å². The van der Waals surface area contributed by atoms with E-state index in [0.29, 0.717) is 18.4 Å². The minimum Gasteiger partial charge on any atom is -0.481 e. The molecule has 0 saturated carbocycles. The van der Waals surface area contributed by atoms with Crippen LogP contribution in [0.3, 0.4) is 0 Å². The predicted octanol–water partition coefficient (Wildman–Crippen LogP) is 2.27. The third-order valence-electron chi connectivity index (χ3n) is 4.69. The molecule has 2 fully saturated rings. The number of urea groups is 1. The molecule has 2 saturated heterocycles. The highest BCUT2D eigenvalue weighted by atomic mass is 16.4. The topological polar surface area (TPSA) is 60.9 Å². The van der Waals surface area contributed by atoms with E-state index in [1.165, 1.54) is 0 Å². The Balaban J connectivity index is 1.87. The van der Waals surface area contributed by atoms with Crippen LogP contribution in [0.5, 0.6) is 0 Å². The number of nitrogens with zero attached hydrogens (tertiary/aromatic N) is 2. The number of amides is 2. The highest BCUT2D eigenvalue weighted by Gasteiger charge is 2.33. The Labute approximate surface area is 120 Å². The minimum atomic E-state index is -0.759. The molecule has 2 heterocycles. The Morgan fingerprint density at radius 3 is 2.45 bits per heavy atom. The fourth-order valence-corrected chi connectivity index (χ4v) is 3.36. The van der Waals surface area contributed by atoms with E-state index in [9.17, 15) is 9.59 Å². The third-order valence-corrected chi connectivity index (χ3v) is 4.69. The summed E-state index contributed by atoms with van der Waals surface area (Å²) in [4.78, 5) is 27.1. The van der Waals surface area contributed by atoms with Crippen LogP contribution in [0.25, 0.3) is 0 Å². The summed E-state index contributed by atoms with van der Waals surface area (Å²) in [6.45, 7) is 7.51. The minimum absolute atomic E-state index is 0.114. The maximum Gasteiger partial charge on any atom is 0.320 e. The number of hydrogen-bond acceptors (Lipinski definition) is 2. The van der Waals surface area contributed by atoms with Crippen molar-refractivity contribution in [3.05, 3.63) is 0 Å². The zero-order chi connectivity index (χ0) is 14.7. The molecule has 0 radical (unpaired) electrons. The molecule has 2 aliphatic rings. The summed E-state index contributed by atoms with van der Waals surface area (Å²) >= 11 is 0. The summed E-state index contributed by atoms with van der Waals surface area (Å²) in [5, 5.41) is 8.88. The molecule has 2 rings (SSSR count). The Kier molecular flexibility index (Phi) is 4.89. The molecular weight excluding hydrogens is 256 g/mol. The van der Waals surface area contributed by atoms with Crippen molar-refractivity contribution in [1.82, 2.24) is 9.80 Å². The number of hydrogen-bond donors (Lipinski definition) is 1. The quantitative estimate of drug-likeness (QED) is 0.863. The van der Waals surface area contributed by atoms with E-state index in [4.69, 9.17) is 5.11 Å².